The molecule has 24 heavy (non-hydrogen) atoms. The van der Waals surface area contributed by atoms with E-state index in [0.717, 1.165) is 22.0 Å². The van der Waals surface area contributed by atoms with E-state index in [4.69, 9.17) is 11.6 Å². The number of thiazole rings is 1. The number of nitrogens with zero attached hydrogens (tertiary/aromatic N) is 2. The maximum Gasteiger partial charge on any atom is 0.224 e. The molecule has 0 fully saturated rings. The number of halogens is 1. The Hall–Kier alpha value is -2.24. The summed E-state index contributed by atoms with van der Waals surface area (Å²) >= 11 is 7.60. The second-order valence-electron chi connectivity index (χ2n) is 5.37. The molecule has 0 unspecified atom stereocenters. The molecule has 1 N–H and O–H groups in total. The van der Waals surface area contributed by atoms with E-state index in [1.807, 2.05) is 42.6 Å². The maximum absolute atomic E-state index is 12.1. The van der Waals surface area contributed by atoms with Gasteiger partial charge in [0.15, 0.2) is 0 Å². The van der Waals surface area contributed by atoms with Crippen LogP contribution in [0.2, 0.25) is 5.02 Å². The van der Waals surface area contributed by atoms with Gasteiger partial charge in [-0.15, -0.1) is 11.3 Å². The zero-order chi connectivity index (χ0) is 16.9. The van der Waals surface area contributed by atoms with Gasteiger partial charge < -0.3 is 5.32 Å². The minimum Gasteiger partial charge on any atom is -0.326 e. The zero-order valence-electron chi connectivity index (χ0n) is 13.1. The molecule has 2 heterocycles. The molecule has 0 saturated heterocycles. The molecule has 6 heteroatoms. The summed E-state index contributed by atoms with van der Waals surface area (Å²) in [5, 5.41) is 6.35. The number of pyridine rings is 1. The Kier molecular flexibility index (Phi) is 5.23. The van der Waals surface area contributed by atoms with Crippen molar-refractivity contribution in [3.8, 4) is 10.7 Å². The van der Waals surface area contributed by atoms with Crippen LogP contribution in [-0.4, -0.2) is 15.9 Å². The van der Waals surface area contributed by atoms with E-state index in [9.17, 15) is 4.79 Å². The SMILES string of the molecule is Cc1ccc(NC(=O)CCc2csc(-c3ccccn3)n2)cc1Cl. The van der Waals surface area contributed by atoms with Crippen LogP contribution >= 0.6 is 22.9 Å². The van der Waals surface area contributed by atoms with E-state index in [-0.39, 0.29) is 5.91 Å². The van der Waals surface area contributed by atoms with Crippen molar-refractivity contribution in [1.29, 1.82) is 0 Å². The lowest BCUT2D eigenvalue weighted by Gasteiger charge is -2.06. The van der Waals surface area contributed by atoms with Crippen molar-refractivity contribution in [1.82, 2.24) is 9.97 Å². The number of amides is 1. The molecule has 0 spiro atoms. The first-order valence-corrected chi connectivity index (χ1v) is 8.79. The van der Waals surface area contributed by atoms with Crippen molar-refractivity contribution in [2.45, 2.75) is 19.8 Å². The van der Waals surface area contributed by atoms with Gasteiger partial charge >= 0.3 is 0 Å². The third-order valence-corrected chi connectivity index (χ3v) is 4.82. The number of nitrogens with one attached hydrogen (secondary N) is 1. The molecule has 2 aromatic heterocycles. The Morgan fingerprint density at radius 3 is 2.92 bits per heavy atom. The van der Waals surface area contributed by atoms with Gasteiger partial charge in [-0.2, -0.15) is 0 Å². The van der Waals surface area contributed by atoms with Crippen LogP contribution in [0.5, 0.6) is 0 Å². The van der Waals surface area contributed by atoms with Crippen LogP contribution in [0.1, 0.15) is 17.7 Å². The van der Waals surface area contributed by atoms with Gasteiger partial charge in [0.2, 0.25) is 5.91 Å². The lowest BCUT2D eigenvalue weighted by atomic mass is 10.2. The highest BCUT2D eigenvalue weighted by molar-refractivity contribution is 7.13. The molecule has 122 valence electrons. The predicted octanol–water partition coefficient (Wildman–Crippen LogP) is 4.74. The van der Waals surface area contributed by atoms with Crippen LogP contribution in [0.25, 0.3) is 10.7 Å². The van der Waals surface area contributed by atoms with Gasteiger partial charge in [0.1, 0.15) is 5.01 Å². The number of carbonyl (C=O) groups is 1. The van der Waals surface area contributed by atoms with Crippen molar-refractivity contribution < 1.29 is 4.79 Å². The van der Waals surface area contributed by atoms with Crippen molar-refractivity contribution in [3.63, 3.8) is 0 Å². The van der Waals surface area contributed by atoms with E-state index in [0.29, 0.717) is 23.6 Å². The molecule has 0 aliphatic rings. The fourth-order valence-corrected chi connectivity index (χ4v) is 3.17. The summed E-state index contributed by atoms with van der Waals surface area (Å²) in [6.07, 6.45) is 2.71. The zero-order valence-corrected chi connectivity index (χ0v) is 14.7. The first-order valence-electron chi connectivity index (χ1n) is 7.53. The van der Waals surface area contributed by atoms with Gasteiger partial charge in [-0.05, 0) is 43.2 Å². The Balaban J connectivity index is 1.56. The highest BCUT2D eigenvalue weighted by Gasteiger charge is 2.09. The molecule has 1 aromatic carbocycles. The molecule has 0 aliphatic heterocycles. The summed E-state index contributed by atoms with van der Waals surface area (Å²) in [5.41, 5.74) is 3.45. The molecule has 0 aliphatic carbocycles. The number of aromatic nitrogens is 2. The van der Waals surface area contributed by atoms with E-state index >= 15 is 0 Å². The van der Waals surface area contributed by atoms with Crippen LogP contribution in [-0.2, 0) is 11.2 Å². The lowest BCUT2D eigenvalue weighted by Crippen LogP contribution is -2.12. The first kappa shape index (κ1) is 16.6. The molecule has 0 bridgehead atoms. The number of anilines is 1. The number of hydrogen-bond donors (Lipinski definition) is 1. The maximum atomic E-state index is 12.1. The summed E-state index contributed by atoms with van der Waals surface area (Å²) in [6.45, 7) is 1.93. The second-order valence-corrected chi connectivity index (χ2v) is 6.64. The fourth-order valence-electron chi connectivity index (χ4n) is 2.16. The normalized spacial score (nSPS) is 10.6. The van der Waals surface area contributed by atoms with Gasteiger partial charge in [0.05, 0.1) is 11.4 Å². The number of carbonyl (C=O) groups excluding carboxylic acids is 1. The van der Waals surface area contributed by atoms with Crippen molar-refractivity contribution in [2.24, 2.45) is 0 Å². The second kappa shape index (κ2) is 7.55. The van der Waals surface area contributed by atoms with Gasteiger partial charge in [0, 0.05) is 28.7 Å². The van der Waals surface area contributed by atoms with Gasteiger partial charge in [-0.3, -0.25) is 9.78 Å². The molecule has 3 rings (SSSR count). The third-order valence-electron chi connectivity index (χ3n) is 3.50. The van der Waals surface area contributed by atoms with E-state index in [1.54, 1.807) is 12.3 Å². The fraction of sp³-hybridized carbons (Fsp3) is 0.167. The molecular formula is C18H16ClN3OS. The summed E-state index contributed by atoms with van der Waals surface area (Å²) in [7, 11) is 0. The number of benzene rings is 1. The highest BCUT2D eigenvalue weighted by atomic mass is 35.5. The molecular weight excluding hydrogens is 342 g/mol. The predicted molar refractivity (Wildman–Crippen MR) is 98.5 cm³/mol. The Morgan fingerprint density at radius 2 is 2.17 bits per heavy atom. The smallest absolute Gasteiger partial charge is 0.224 e. The minimum absolute atomic E-state index is 0.0534. The number of rotatable bonds is 5. The largest absolute Gasteiger partial charge is 0.326 e. The monoisotopic (exact) mass is 357 g/mol. The quantitative estimate of drug-likeness (QED) is 0.717. The van der Waals surface area contributed by atoms with Crippen LogP contribution in [0.4, 0.5) is 5.69 Å². The third kappa shape index (κ3) is 4.19. The highest BCUT2D eigenvalue weighted by Crippen LogP contribution is 2.22. The number of hydrogen-bond acceptors (Lipinski definition) is 4. The van der Waals surface area contributed by atoms with Crippen molar-refractivity contribution in [2.75, 3.05) is 5.32 Å². The van der Waals surface area contributed by atoms with Crippen LogP contribution in [0, 0.1) is 6.92 Å². The van der Waals surface area contributed by atoms with Crippen LogP contribution in [0.3, 0.4) is 0 Å². The van der Waals surface area contributed by atoms with Gasteiger partial charge in [-0.1, -0.05) is 23.7 Å². The lowest BCUT2D eigenvalue weighted by molar-refractivity contribution is -0.116. The number of aryl methyl sites for hydroxylation is 2. The summed E-state index contributed by atoms with van der Waals surface area (Å²) in [5.74, 6) is -0.0534. The molecule has 0 saturated carbocycles. The molecule has 3 aromatic rings. The van der Waals surface area contributed by atoms with Crippen LogP contribution in [0.15, 0.2) is 48.0 Å². The topological polar surface area (TPSA) is 54.9 Å². The average Bonchev–Trinajstić information content (AvgIpc) is 3.06. The van der Waals surface area contributed by atoms with Gasteiger partial charge in [-0.25, -0.2) is 4.98 Å². The Morgan fingerprint density at radius 1 is 1.29 bits per heavy atom. The summed E-state index contributed by atoms with van der Waals surface area (Å²) in [4.78, 5) is 20.9. The van der Waals surface area contributed by atoms with Crippen LogP contribution < -0.4 is 5.32 Å². The Bertz CT molecular complexity index is 848. The van der Waals surface area contributed by atoms with E-state index in [1.165, 1.54) is 11.3 Å². The standard InChI is InChI=1S/C18H16ClN3OS/c1-12-5-6-13(10-15(12)19)21-17(23)8-7-14-11-24-18(22-14)16-4-2-3-9-20-16/h2-6,9-11H,7-8H2,1H3,(H,21,23). The summed E-state index contributed by atoms with van der Waals surface area (Å²) in [6, 6.07) is 11.2. The van der Waals surface area contributed by atoms with Crippen molar-refractivity contribution >= 4 is 34.5 Å². The molecule has 1 amide bonds. The molecule has 0 atom stereocenters. The average molecular weight is 358 g/mol. The van der Waals surface area contributed by atoms with E-state index in [2.05, 4.69) is 15.3 Å². The summed E-state index contributed by atoms with van der Waals surface area (Å²) < 4.78 is 0. The first-order chi connectivity index (χ1) is 11.6. The van der Waals surface area contributed by atoms with E-state index < -0.39 is 0 Å². The minimum atomic E-state index is -0.0534. The molecule has 4 nitrogen and oxygen atoms in total. The van der Waals surface area contributed by atoms with Crippen molar-refractivity contribution in [3.05, 3.63) is 64.3 Å². The molecule has 0 radical (unpaired) electrons. The Labute approximate surface area is 149 Å². The van der Waals surface area contributed by atoms with Gasteiger partial charge in [0.25, 0.3) is 0 Å².